The molecule has 1 atom stereocenters. The maximum atomic E-state index is 13.8. The van der Waals surface area contributed by atoms with E-state index in [0.717, 1.165) is 11.1 Å². The van der Waals surface area contributed by atoms with Crippen LogP contribution >= 0.6 is 0 Å². The number of carbonyl (C=O) groups excluding carboxylic acids is 1. The molecule has 0 aliphatic rings. The number of methoxy groups -OCH3 is 2. The van der Waals surface area contributed by atoms with Gasteiger partial charge in [-0.25, -0.2) is 4.99 Å². The maximum absolute atomic E-state index is 13.8. The highest BCUT2D eigenvalue weighted by Gasteiger charge is 2.22. The molecule has 0 saturated heterocycles. The summed E-state index contributed by atoms with van der Waals surface area (Å²) in [4.78, 5) is 18.4. The summed E-state index contributed by atoms with van der Waals surface area (Å²) in [5, 5.41) is 0. The van der Waals surface area contributed by atoms with Crippen molar-refractivity contribution in [3.8, 4) is 17.2 Å². The topological polar surface area (TPSA) is 66.3 Å². The van der Waals surface area contributed by atoms with Gasteiger partial charge in [-0.15, -0.1) is 0 Å². The van der Waals surface area contributed by atoms with Crippen molar-refractivity contribution in [3.63, 3.8) is 0 Å². The van der Waals surface area contributed by atoms with Gasteiger partial charge in [0.1, 0.15) is 19.0 Å². The van der Waals surface area contributed by atoms with Crippen LogP contribution in [0, 0.1) is 0 Å². The molecule has 0 fully saturated rings. The van der Waals surface area contributed by atoms with Crippen LogP contribution in [0.15, 0.2) is 102 Å². The van der Waals surface area contributed by atoms with Crippen molar-refractivity contribution >= 4 is 11.7 Å². The number of carbonyl (C=O) groups is 1. The molecule has 0 aliphatic carbocycles. The Balaban J connectivity index is 1.64. The summed E-state index contributed by atoms with van der Waals surface area (Å²) in [7, 11) is 3.15. The van der Waals surface area contributed by atoms with E-state index in [-0.39, 0.29) is 11.8 Å². The molecule has 0 radical (unpaired) electrons. The quantitative estimate of drug-likeness (QED) is 0.118. The number of nitrogens with zero attached hydrogens (tertiary/aromatic N) is 1. The highest BCUT2D eigenvalue weighted by Crippen LogP contribution is 2.36. The molecule has 0 aliphatic heterocycles. The van der Waals surface area contributed by atoms with Crippen LogP contribution in [-0.2, 0) is 18.0 Å². The van der Waals surface area contributed by atoms with E-state index >= 15 is 0 Å². The molecule has 0 spiro atoms. The highest BCUT2D eigenvalue weighted by molar-refractivity contribution is 6.10. The SMILES string of the molecule is CO/C(C)=N\C(C)c1cc(OC)c(OCc2ccccc2)cc1C(=O)c1ccc(OCc2ccccc2)cc1. The second kappa shape index (κ2) is 13.3. The van der Waals surface area contributed by atoms with Crippen LogP contribution in [-0.4, -0.2) is 25.9 Å². The molecule has 39 heavy (non-hydrogen) atoms. The van der Waals surface area contributed by atoms with Crippen molar-refractivity contribution in [3.05, 3.63) is 125 Å². The zero-order chi connectivity index (χ0) is 27.6. The van der Waals surface area contributed by atoms with E-state index in [1.165, 1.54) is 0 Å². The monoisotopic (exact) mass is 523 g/mol. The number of ether oxygens (including phenoxy) is 4. The summed E-state index contributed by atoms with van der Waals surface area (Å²) < 4.78 is 22.9. The first-order chi connectivity index (χ1) is 19.0. The van der Waals surface area contributed by atoms with E-state index in [2.05, 4.69) is 4.99 Å². The third-order valence-corrected chi connectivity index (χ3v) is 6.30. The molecule has 6 heteroatoms. The Morgan fingerprint density at radius 1 is 0.769 bits per heavy atom. The van der Waals surface area contributed by atoms with Gasteiger partial charge >= 0.3 is 0 Å². The van der Waals surface area contributed by atoms with Crippen LogP contribution in [0.25, 0.3) is 0 Å². The van der Waals surface area contributed by atoms with Crippen LogP contribution < -0.4 is 14.2 Å². The molecule has 4 aromatic rings. The Kier molecular flexibility index (Phi) is 9.35. The van der Waals surface area contributed by atoms with Gasteiger partial charge in [0.15, 0.2) is 23.2 Å². The fourth-order valence-corrected chi connectivity index (χ4v) is 4.12. The molecule has 0 aromatic heterocycles. The van der Waals surface area contributed by atoms with Crippen molar-refractivity contribution in [2.75, 3.05) is 14.2 Å². The van der Waals surface area contributed by atoms with Crippen molar-refractivity contribution in [1.82, 2.24) is 0 Å². The Labute approximate surface area is 229 Å². The first-order valence-electron chi connectivity index (χ1n) is 12.8. The van der Waals surface area contributed by atoms with E-state index in [1.54, 1.807) is 39.3 Å². The molecular formula is C33H33NO5. The van der Waals surface area contributed by atoms with Gasteiger partial charge in [0.05, 0.1) is 20.3 Å². The second-order valence-electron chi connectivity index (χ2n) is 9.02. The van der Waals surface area contributed by atoms with Crippen LogP contribution in [0.5, 0.6) is 17.2 Å². The minimum Gasteiger partial charge on any atom is -0.493 e. The average molecular weight is 524 g/mol. The minimum absolute atomic E-state index is 0.149. The lowest BCUT2D eigenvalue weighted by molar-refractivity contribution is 0.103. The third-order valence-electron chi connectivity index (χ3n) is 6.30. The zero-order valence-electron chi connectivity index (χ0n) is 22.7. The van der Waals surface area contributed by atoms with Crippen LogP contribution in [0.3, 0.4) is 0 Å². The second-order valence-corrected chi connectivity index (χ2v) is 9.02. The number of hydrogen-bond acceptors (Lipinski definition) is 6. The van der Waals surface area contributed by atoms with E-state index in [9.17, 15) is 4.79 Å². The lowest BCUT2D eigenvalue weighted by Crippen LogP contribution is -2.10. The lowest BCUT2D eigenvalue weighted by atomic mass is 9.94. The van der Waals surface area contributed by atoms with E-state index in [4.69, 9.17) is 18.9 Å². The predicted molar refractivity (Wildman–Crippen MR) is 153 cm³/mol. The summed E-state index contributed by atoms with van der Waals surface area (Å²) in [6.45, 7) is 4.49. The van der Waals surface area contributed by atoms with Crippen molar-refractivity contribution in [2.45, 2.75) is 33.1 Å². The molecule has 0 heterocycles. The predicted octanol–water partition coefficient (Wildman–Crippen LogP) is 7.21. The molecule has 6 nitrogen and oxygen atoms in total. The van der Waals surface area contributed by atoms with Crippen LogP contribution in [0.2, 0.25) is 0 Å². The molecule has 4 aromatic carbocycles. The fourth-order valence-electron chi connectivity index (χ4n) is 4.12. The fraction of sp³-hybridized carbons (Fsp3) is 0.212. The zero-order valence-corrected chi connectivity index (χ0v) is 22.7. The summed E-state index contributed by atoms with van der Waals surface area (Å²) in [5.41, 5.74) is 3.81. The molecule has 0 bridgehead atoms. The van der Waals surface area contributed by atoms with E-state index in [0.29, 0.717) is 53.1 Å². The molecule has 0 N–H and O–H groups in total. The molecule has 1 unspecified atom stereocenters. The molecule has 200 valence electrons. The normalized spacial score (nSPS) is 11.9. The van der Waals surface area contributed by atoms with Crippen molar-refractivity contribution in [2.24, 2.45) is 4.99 Å². The molecular weight excluding hydrogens is 490 g/mol. The summed E-state index contributed by atoms with van der Waals surface area (Å²) in [6, 6.07) is 30.2. The summed E-state index contributed by atoms with van der Waals surface area (Å²) >= 11 is 0. The Hall–Kier alpha value is -4.58. The highest BCUT2D eigenvalue weighted by atomic mass is 16.5. The van der Waals surface area contributed by atoms with E-state index < -0.39 is 0 Å². The standard InChI is InChI=1S/C33H33NO5/c1-23(34-24(2)36-3)29-19-31(37-4)32(39-22-26-13-9-6-10-14-26)20-30(29)33(35)27-15-17-28(18-16-27)38-21-25-11-7-5-8-12-25/h5-20,23H,21-22H2,1-4H3/b34-24-. The van der Waals surface area contributed by atoms with Gasteiger partial charge < -0.3 is 18.9 Å². The number of hydrogen-bond donors (Lipinski definition) is 0. The van der Waals surface area contributed by atoms with Gasteiger partial charge in [-0.2, -0.15) is 0 Å². The van der Waals surface area contributed by atoms with Gasteiger partial charge in [0, 0.05) is 18.1 Å². The van der Waals surface area contributed by atoms with Gasteiger partial charge in [-0.05, 0) is 60.0 Å². The smallest absolute Gasteiger partial charge is 0.193 e. The Morgan fingerprint density at radius 3 is 1.92 bits per heavy atom. The summed E-state index contributed by atoms with van der Waals surface area (Å²) in [6.07, 6.45) is 0. The van der Waals surface area contributed by atoms with Gasteiger partial charge in [-0.1, -0.05) is 60.7 Å². The van der Waals surface area contributed by atoms with E-state index in [1.807, 2.05) is 85.8 Å². The number of ketones is 1. The largest absolute Gasteiger partial charge is 0.493 e. The van der Waals surface area contributed by atoms with Gasteiger partial charge in [-0.3, -0.25) is 4.79 Å². The number of benzene rings is 4. The lowest BCUT2D eigenvalue weighted by Gasteiger charge is -2.18. The third kappa shape index (κ3) is 7.26. The molecule has 4 rings (SSSR count). The first-order valence-corrected chi connectivity index (χ1v) is 12.8. The van der Waals surface area contributed by atoms with Gasteiger partial charge in [0.25, 0.3) is 0 Å². The number of rotatable bonds is 11. The van der Waals surface area contributed by atoms with Crippen molar-refractivity contribution < 1.29 is 23.7 Å². The maximum Gasteiger partial charge on any atom is 0.193 e. The summed E-state index contributed by atoms with van der Waals surface area (Å²) in [5.74, 6) is 2.06. The minimum atomic E-state index is -0.352. The van der Waals surface area contributed by atoms with Gasteiger partial charge in [0.2, 0.25) is 0 Å². The first kappa shape index (κ1) is 27.5. The van der Waals surface area contributed by atoms with Crippen molar-refractivity contribution in [1.29, 1.82) is 0 Å². The molecule has 0 saturated carbocycles. The number of aliphatic imine (C=N–C) groups is 1. The van der Waals surface area contributed by atoms with Crippen LogP contribution in [0.4, 0.5) is 0 Å². The Morgan fingerprint density at radius 2 is 1.36 bits per heavy atom. The Bertz CT molecular complexity index is 1400. The average Bonchev–Trinajstić information content (AvgIpc) is 2.99. The molecule has 0 amide bonds. The van der Waals surface area contributed by atoms with Crippen LogP contribution in [0.1, 0.15) is 52.5 Å².